The van der Waals surface area contributed by atoms with Crippen molar-refractivity contribution in [2.45, 2.75) is 0 Å². The molecule has 7 heteroatoms. The Hall–Kier alpha value is -1.69. The number of H-pyrrole nitrogens is 1. The number of anilines is 1. The Labute approximate surface area is 83.7 Å². The summed E-state index contributed by atoms with van der Waals surface area (Å²) >= 11 is 5.35. The topological polar surface area (TPSA) is 83.6 Å². The molecule has 6 nitrogen and oxygen atoms in total. The lowest BCUT2D eigenvalue weighted by Crippen LogP contribution is -2.14. The highest BCUT2D eigenvalue weighted by Gasteiger charge is 2.07. The molecular formula is C7H6ClN5O. The third kappa shape index (κ3) is 1.51. The molecule has 14 heavy (non-hydrogen) atoms. The number of nitrogens with zero attached hydrogens (tertiary/aromatic N) is 3. The number of carbonyl (C=O) groups is 1. The third-order valence-electron chi connectivity index (χ3n) is 1.60. The normalized spacial score (nSPS) is 10.4. The Kier molecular flexibility index (Phi) is 2.28. The second-order valence-corrected chi connectivity index (χ2v) is 2.77. The molecule has 0 spiro atoms. The Morgan fingerprint density at radius 2 is 2.36 bits per heavy atom. The van der Waals surface area contributed by atoms with E-state index in [2.05, 4.69) is 25.3 Å². The summed E-state index contributed by atoms with van der Waals surface area (Å²) in [6.07, 6.45) is 2.81. The highest BCUT2D eigenvalue weighted by atomic mass is 35.5. The summed E-state index contributed by atoms with van der Waals surface area (Å²) in [6.45, 7) is 0. The molecule has 0 aliphatic rings. The molecular weight excluding hydrogens is 206 g/mol. The number of rotatable bonds is 2. The number of amides is 1. The second-order valence-electron chi connectivity index (χ2n) is 2.51. The predicted molar refractivity (Wildman–Crippen MR) is 51.0 cm³/mol. The number of fused-ring (bicyclic) bond motifs is 1. The summed E-state index contributed by atoms with van der Waals surface area (Å²) in [4.78, 5) is 25.5. The third-order valence-corrected chi connectivity index (χ3v) is 1.84. The second kappa shape index (κ2) is 3.59. The van der Waals surface area contributed by atoms with Gasteiger partial charge in [0, 0.05) is 0 Å². The molecule has 0 aliphatic heterocycles. The number of carbonyl (C=O) groups excluding carboxylic acids is 1. The van der Waals surface area contributed by atoms with Gasteiger partial charge in [0.15, 0.2) is 11.5 Å². The maximum absolute atomic E-state index is 11.0. The van der Waals surface area contributed by atoms with Crippen molar-refractivity contribution in [3.8, 4) is 0 Å². The van der Waals surface area contributed by atoms with Crippen molar-refractivity contribution < 1.29 is 4.79 Å². The van der Waals surface area contributed by atoms with Gasteiger partial charge in [-0.1, -0.05) is 0 Å². The maximum atomic E-state index is 11.0. The minimum absolute atomic E-state index is 0.111. The Balaban J connectivity index is 2.41. The van der Waals surface area contributed by atoms with Crippen molar-refractivity contribution in [2.75, 3.05) is 11.2 Å². The van der Waals surface area contributed by atoms with Crippen molar-refractivity contribution in [3.63, 3.8) is 0 Å². The van der Waals surface area contributed by atoms with Gasteiger partial charge in [-0.2, -0.15) is 0 Å². The van der Waals surface area contributed by atoms with Gasteiger partial charge in [0.2, 0.25) is 5.91 Å². The van der Waals surface area contributed by atoms with Crippen molar-refractivity contribution in [3.05, 3.63) is 12.7 Å². The molecule has 0 saturated carbocycles. The molecule has 1 amide bonds. The van der Waals surface area contributed by atoms with E-state index in [0.29, 0.717) is 17.0 Å². The van der Waals surface area contributed by atoms with Crippen LogP contribution in [0.25, 0.3) is 11.2 Å². The molecule has 2 N–H and O–H groups in total. The summed E-state index contributed by atoms with van der Waals surface area (Å²) in [6, 6.07) is 0. The molecule has 72 valence electrons. The zero-order chi connectivity index (χ0) is 9.97. The molecule has 0 aliphatic carbocycles. The first-order chi connectivity index (χ1) is 6.81. The van der Waals surface area contributed by atoms with E-state index in [4.69, 9.17) is 11.6 Å². The summed E-state index contributed by atoms with van der Waals surface area (Å²) in [5.41, 5.74) is 1.09. The predicted octanol–water partition coefficient (Wildman–Crippen LogP) is 0.530. The number of alkyl halides is 1. The molecule has 2 heterocycles. The number of hydrogen-bond acceptors (Lipinski definition) is 4. The van der Waals surface area contributed by atoms with Gasteiger partial charge in [0.1, 0.15) is 17.7 Å². The van der Waals surface area contributed by atoms with Gasteiger partial charge in [-0.05, 0) is 0 Å². The van der Waals surface area contributed by atoms with E-state index < -0.39 is 0 Å². The molecule has 0 bridgehead atoms. The lowest BCUT2D eigenvalue weighted by atomic mass is 10.5. The van der Waals surface area contributed by atoms with E-state index in [0.717, 1.165) is 0 Å². The van der Waals surface area contributed by atoms with Crippen LogP contribution in [-0.4, -0.2) is 31.7 Å². The van der Waals surface area contributed by atoms with Crippen molar-refractivity contribution >= 4 is 34.5 Å². The highest BCUT2D eigenvalue weighted by molar-refractivity contribution is 6.29. The quantitative estimate of drug-likeness (QED) is 0.710. The van der Waals surface area contributed by atoms with Gasteiger partial charge in [-0.3, -0.25) is 4.79 Å². The molecule has 0 atom stereocenters. The van der Waals surface area contributed by atoms with E-state index in [1.165, 1.54) is 12.7 Å². The van der Waals surface area contributed by atoms with Crippen LogP contribution < -0.4 is 5.32 Å². The van der Waals surface area contributed by atoms with Crippen LogP contribution >= 0.6 is 11.6 Å². The summed E-state index contributed by atoms with van der Waals surface area (Å²) in [5.74, 6) is -0.0426. The van der Waals surface area contributed by atoms with Gasteiger partial charge >= 0.3 is 0 Å². The number of halogens is 1. The molecule has 2 rings (SSSR count). The monoisotopic (exact) mass is 211 g/mol. The Morgan fingerprint density at radius 3 is 3.14 bits per heavy atom. The van der Waals surface area contributed by atoms with Gasteiger partial charge in [-0.25, -0.2) is 15.0 Å². The summed E-state index contributed by atoms with van der Waals surface area (Å²) in [5, 5.41) is 2.53. The molecule has 2 aromatic rings. The fourth-order valence-corrected chi connectivity index (χ4v) is 1.09. The minimum Gasteiger partial charge on any atom is -0.340 e. The molecule has 0 radical (unpaired) electrons. The Bertz CT molecular complexity index is 468. The van der Waals surface area contributed by atoms with E-state index >= 15 is 0 Å². The lowest BCUT2D eigenvalue weighted by molar-refractivity contribution is -0.113. The van der Waals surface area contributed by atoms with E-state index in [9.17, 15) is 4.79 Å². The van der Waals surface area contributed by atoms with Crippen LogP contribution in [0.4, 0.5) is 5.82 Å². The fourth-order valence-electron chi connectivity index (χ4n) is 1.03. The zero-order valence-corrected chi connectivity index (χ0v) is 7.75. The van der Waals surface area contributed by atoms with E-state index in [1.54, 1.807) is 0 Å². The maximum Gasteiger partial charge on any atom is 0.240 e. The van der Waals surface area contributed by atoms with Crippen LogP contribution in [-0.2, 0) is 4.79 Å². The Morgan fingerprint density at radius 1 is 1.50 bits per heavy atom. The van der Waals surface area contributed by atoms with Crippen LogP contribution in [0.15, 0.2) is 12.7 Å². The molecule has 2 aromatic heterocycles. The number of nitrogens with one attached hydrogen (secondary N) is 2. The minimum atomic E-state index is -0.318. The SMILES string of the molecule is O=C(CCl)Nc1ncnc2nc[nH]c12. The summed E-state index contributed by atoms with van der Waals surface area (Å²) < 4.78 is 0. The van der Waals surface area contributed by atoms with Crippen LogP contribution in [0.3, 0.4) is 0 Å². The first-order valence-corrected chi connectivity index (χ1v) is 4.34. The molecule has 0 unspecified atom stereocenters. The standard InChI is InChI=1S/C7H6ClN5O/c8-1-4(14)13-7-5-6(10-2-9-5)11-3-12-7/h2-3H,1H2,(H2,9,10,11,12,13,14). The summed E-state index contributed by atoms with van der Waals surface area (Å²) in [7, 11) is 0. The average Bonchev–Trinajstić information content (AvgIpc) is 2.66. The number of hydrogen-bond donors (Lipinski definition) is 2. The van der Waals surface area contributed by atoms with Crippen LogP contribution in [0.2, 0.25) is 0 Å². The van der Waals surface area contributed by atoms with Gasteiger partial charge in [0.25, 0.3) is 0 Å². The number of imidazole rings is 1. The van der Waals surface area contributed by atoms with Crippen molar-refractivity contribution in [1.82, 2.24) is 19.9 Å². The van der Waals surface area contributed by atoms with Gasteiger partial charge < -0.3 is 10.3 Å². The lowest BCUT2D eigenvalue weighted by Gasteiger charge is -2.01. The van der Waals surface area contributed by atoms with Gasteiger partial charge in [0.05, 0.1) is 6.33 Å². The van der Waals surface area contributed by atoms with Crippen molar-refractivity contribution in [1.29, 1.82) is 0 Å². The smallest absolute Gasteiger partial charge is 0.240 e. The highest BCUT2D eigenvalue weighted by Crippen LogP contribution is 2.13. The number of aromatic nitrogens is 4. The molecule has 0 saturated heterocycles. The largest absolute Gasteiger partial charge is 0.340 e. The van der Waals surface area contributed by atoms with Crippen LogP contribution in [0, 0.1) is 0 Å². The van der Waals surface area contributed by atoms with Crippen molar-refractivity contribution in [2.24, 2.45) is 0 Å². The first-order valence-electron chi connectivity index (χ1n) is 3.81. The zero-order valence-electron chi connectivity index (χ0n) is 6.99. The van der Waals surface area contributed by atoms with E-state index in [1.807, 2.05) is 0 Å². The first kappa shape index (κ1) is 8.89. The number of aromatic amines is 1. The fraction of sp³-hybridized carbons (Fsp3) is 0.143. The molecule has 0 fully saturated rings. The van der Waals surface area contributed by atoms with Gasteiger partial charge in [-0.15, -0.1) is 11.6 Å². The molecule has 0 aromatic carbocycles. The average molecular weight is 212 g/mol. The van der Waals surface area contributed by atoms with Crippen LogP contribution in [0.1, 0.15) is 0 Å². The van der Waals surface area contributed by atoms with Crippen LogP contribution in [0.5, 0.6) is 0 Å². The van der Waals surface area contributed by atoms with E-state index in [-0.39, 0.29) is 11.8 Å².